The van der Waals surface area contributed by atoms with E-state index in [9.17, 15) is 8.42 Å². The quantitative estimate of drug-likeness (QED) is 0.317. The summed E-state index contributed by atoms with van der Waals surface area (Å²) >= 11 is 1.23. The number of aryl methyl sites for hydroxylation is 2. The van der Waals surface area contributed by atoms with Gasteiger partial charge in [0.2, 0.25) is 0 Å². The summed E-state index contributed by atoms with van der Waals surface area (Å²) < 4.78 is 35.1. The van der Waals surface area contributed by atoms with Gasteiger partial charge in [-0.05, 0) is 62.9 Å². The van der Waals surface area contributed by atoms with Gasteiger partial charge in [0.25, 0.3) is 10.0 Å². The number of thiazole rings is 1. The number of piperidine rings is 1. The van der Waals surface area contributed by atoms with Crippen molar-refractivity contribution in [3.8, 4) is 5.75 Å². The normalized spacial score (nSPS) is 16.9. The summed E-state index contributed by atoms with van der Waals surface area (Å²) in [7, 11) is -2.11. The Bertz CT molecular complexity index is 1310. The molecule has 2 atom stereocenters. The van der Waals surface area contributed by atoms with Crippen molar-refractivity contribution in [2.45, 2.75) is 63.4 Å². The lowest BCUT2D eigenvalue weighted by Crippen LogP contribution is -2.45. The van der Waals surface area contributed by atoms with E-state index in [-0.39, 0.29) is 48.3 Å². The minimum Gasteiger partial charge on any atom is -0.496 e. The van der Waals surface area contributed by atoms with E-state index in [0.717, 1.165) is 35.7 Å². The molecule has 0 aliphatic carbocycles. The van der Waals surface area contributed by atoms with Gasteiger partial charge in [0.15, 0.2) is 4.21 Å². The molecule has 40 heavy (non-hydrogen) atoms. The molecule has 1 saturated heterocycles. The minimum absolute atomic E-state index is 0. The summed E-state index contributed by atoms with van der Waals surface area (Å²) in [6, 6.07) is 16.6. The summed E-state index contributed by atoms with van der Waals surface area (Å²) in [6.07, 6.45) is 2.17. The molecule has 1 aliphatic heterocycles. The maximum absolute atomic E-state index is 13.8. The predicted molar refractivity (Wildman–Crippen MR) is 169 cm³/mol. The van der Waals surface area contributed by atoms with Crippen molar-refractivity contribution >= 4 is 51.9 Å². The Morgan fingerprint density at radius 2 is 1.85 bits per heavy atom. The Hall–Kier alpha value is -1.92. The van der Waals surface area contributed by atoms with Crippen molar-refractivity contribution in [2.24, 2.45) is 5.92 Å². The van der Waals surface area contributed by atoms with Gasteiger partial charge in [-0.25, -0.2) is 13.4 Å². The van der Waals surface area contributed by atoms with Gasteiger partial charge in [0, 0.05) is 30.7 Å². The number of nitrogens with one attached hydrogen (secondary N) is 2. The van der Waals surface area contributed by atoms with Crippen LogP contribution in [0.4, 0.5) is 5.69 Å². The van der Waals surface area contributed by atoms with Gasteiger partial charge in [0.1, 0.15) is 5.75 Å². The molecule has 1 fully saturated rings. The van der Waals surface area contributed by atoms with Crippen molar-refractivity contribution in [2.75, 3.05) is 24.5 Å². The summed E-state index contributed by atoms with van der Waals surface area (Å²) in [5.74, 6) is 0.885. The second-order valence-electron chi connectivity index (χ2n) is 10.0. The highest BCUT2D eigenvalue weighted by molar-refractivity contribution is 7.94. The van der Waals surface area contributed by atoms with Crippen LogP contribution in [0.1, 0.15) is 54.6 Å². The molecule has 0 unspecified atom stereocenters. The van der Waals surface area contributed by atoms with Crippen LogP contribution in [0.5, 0.6) is 5.75 Å². The van der Waals surface area contributed by atoms with Crippen molar-refractivity contribution < 1.29 is 18.6 Å². The lowest BCUT2D eigenvalue weighted by atomic mass is 9.92. The van der Waals surface area contributed by atoms with E-state index in [1.54, 1.807) is 14.0 Å². The van der Waals surface area contributed by atoms with Crippen molar-refractivity contribution in [1.29, 1.82) is 0 Å². The Labute approximate surface area is 255 Å². The summed E-state index contributed by atoms with van der Waals surface area (Å²) in [6.45, 7) is 9.59. The van der Waals surface area contributed by atoms with Gasteiger partial charge in [-0.15, -0.1) is 36.2 Å². The summed E-state index contributed by atoms with van der Waals surface area (Å²) in [5.41, 5.74) is 3.38. The molecule has 2 aromatic carbocycles. The van der Waals surface area contributed by atoms with E-state index in [4.69, 9.17) is 4.74 Å². The Morgan fingerprint density at radius 3 is 2.45 bits per heavy atom. The standard InChI is InChI=1S/C28H38N4O3S2.2ClH.H2O/c1-19(2)18-32(37(33,34)28-20(3)31-21(4)36-28)24-13-14-26(35-5)23(16-24)17-30-25-12-9-15-29-27(25)22-10-7-6-8-11-22;;;/h6-8,10-11,13-14,16,19,25,27,29-30H,9,12,15,17-18H2,1-5H3;2*1H;1H2/t25-,27-;;;/m0.../s1. The number of rotatable bonds is 10. The van der Waals surface area contributed by atoms with E-state index in [0.29, 0.717) is 28.7 Å². The molecule has 3 aromatic rings. The molecule has 1 aromatic heterocycles. The first kappa shape index (κ1) is 36.1. The lowest BCUT2D eigenvalue weighted by molar-refractivity contribution is 0.303. The molecule has 0 saturated carbocycles. The van der Waals surface area contributed by atoms with E-state index >= 15 is 0 Å². The van der Waals surface area contributed by atoms with Crippen LogP contribution in [0.15, 0.2) is 52.7 Å². The molecule has 0 bridgehead atoms. The van der Waals surface area contributed by atoms with Gasteiger partial charge < -0.3 is 20.8 Å². The third-order valence-corrected chi connectivity index (χ3v) is 10.1. The number of halogens is 2. The average Bonchev–Trinajstić information content (AvgIpc) is 3.25. The largest absolute Gasteiger partial charge is 0.496 e. The Morgan fingerprint density at radius 1 is 1.15 bits per heavy atom. The lowest BCUT2D eigenvalue weighted by Gasteiger charge is -2.34. The molecular weight excluding hydrogens is 591 g/mol. The highest BCUT2D eigenvalue weighted by atomic mass is 35.5. The van der Waals surface area contributed by atoms with Gasteiger partial charge in [-0.1, -0.05) is 44.2 Å². The number of benzene rings is 2. The first-order valence-electron chi connectivity index (χ1n) is 12.9. The number of hydrogen-bond acceptors (Lipinski definition) is 7. The summed E-state index contributed by atoms with van der Waals surface area (Å²) in [5, 5.41) is 8.14. The molecule has 4 rings (SSSR count). The second kappa shape index (κ2) is 15.9. The van der Waals surface area contributed by atoms with Gasteiger partial charge in [-0.3, -0.25) is 4.31 Å². The molecule has 224 valence electrons. The van der Waals surface area contributed by atoms with Crippen LogP contribution in [0, 0.1) is 19.8 Å². The highest BCUT2D eigenvalue weighted by Crippen LogP contribution is 2.33. The topological polar surface area (TPSA) is 115 Å². The van der Waals surface area contributed by atoms with Crippen LogP contribution in [0.3, 0.4) is 0 Å². The zero-order valence-corrected chi connectivity index (χ0v) is 26.9. The number of ether oxygens (including phenoxy) is 1. The molecule has 0 radical (unpaired) electrons. The molecule has 1 aliphatic rings. The fourth-order valence-electron chi connectivity index (χ4n) is 4.94. The highest BCUT2D eigenvalue weighted by Gasteiger charge is 2.31. The monoisotopic (exact) mass is 632 g/mol. The number of nitrogens with zero attached hydrogens (tertiary/aromatic N) is 2. The van der Waals surface area contributed by atoms with Crippen LogP contribution >= 0.6 is 36.2 Å². The Kier molecular flexibility index (Phi) is 14.4. The predicted octanol–water partition coefficient (Wildman–Crippen LogP) is 5.22. The fraction of sp³-hybridized carbons (Fsp3) is 0.464. The van der Waals surface area contributed by atoms with Crippen LogP contribution in [-0.2, 0) is 16.6 Å². The first-order chi connectivity index (χ1) is 17.7. The number of sulfonamides is 1. The van der Waals surface area contributed by atoms with Crippen LogP contribution in [-0.4, -0.2) is 45.1 Å². The maximum atomic E-state index is 13.8. The molecule has 2 heterocycles. The molecule has 0 spiro atoms. The van der Waals surface area contributed by atoms with Crippen molar-refractivity contribution in [1.82, 2.24) is 15.6 Å². The molecule has 8 nitrogen and oxygen atoms in total. The van der Waals surface area contributed by atoms with Gasteiger partial charge in [-0.2, -0.15) is 0 Å². The minimum atomic E-state index is -3.76. The van der Waals surface area contributed by atoms with Crippen LogP contribution < -0.4 is 19.7 Å². The Balaban J connectivity index is 0.00000267. The van der Waals surface area contributed by atoms with Crippen molar-refractivity contribution in [3.05, 3.63) is 70.4 Å². The van der Waals surface area contributed by atoms with E-state index < -0.39 is 10.0 Å². The summed E-state index contributed by atoms with van der Waals surface area (Å²) in [4.78, 5) is 4.37. The smallest absolute Gasteiger partial charge is 0.275 e. The average molecular weight is 634 g/mol. The van der Waals surface area contributed by atoms with Gasteiger partial charge in [0.05, 0.1) is 23.5 Å². The first-order valence-corrected chi connectivity index (χ1v) is 15.1. The second-order valence-corrected chi connectivity index (χ2v) is 13.3. The number of methoxy groups -OCH3 is 1. The maximum Gasteiger partial charge on any atom is 0.275 e. The van der Waals surface area contributed by atoms with Gasteiger partial charge >= 0.3 is 0 Å². The van der Waals surface area contributed by atoms with E-state index in [1.165, 1.54) is 21.2 Å². The van der Waals surface area contributed by atoms with Crippen molar-refractivity contribution in [3.63, 3.8) is 0 Å². The fourth-order valence-corrected chi connectivity index (χ4v) is 8.15. The third-order valence-electron chi connectivity index (χ3n) is 6.64. The van der Waals surface area contributed by atoms with E-state index in [1.807, 2.05) is 45.0 Å². The number of hydrogen-bond donors (Lipinski definition) is 2. The van der Waals surface area contributed by atoms with Crippen LogP contribution in [0.25, 0.3) is 0 Å². The zero-order chi connectivity index (χ0) is 26.6. The molecule has 12 heteroatoms. The van der Waals surface area contributed by atoms with E-state index in [2.05, 4.69) is 39.9 Å². The molecular formula is C28H42Cl2N4O4S2. The van der Waals surface area contributed by atoms with Crippen LogP contribution in [0.2, 0.25) is 0 Å². The molecule has 4 N–H and O–H groups in total. The number of aromatic nitrogens is 1. The molecule has 0 amide bonds. The SMILES string of the molecule is COc1ccc(N(CC(C)C)S(=O)(=O)c2sc(C)nc2C)cc1CN[C@H]1CCCN[C@H]1c1ccccc1.Cl.Cl.O. The number of anilines is 1. The zero-order valence-electron chi connectivity index (χ0n) is 23.6. The third kappa shape index (κ3) is 8.31.